The number of carbonyl (C=O) groups is 1. The van der Waals surface area contributed by atoms with Crippen LogP contribution in [0.2, 0.25) is 0 Å². The second kappa shape index (κ2) is 8.78. The number of hydrogen-bond acceptors (Lipinski definition) is 2. The average Bonchev–Trinajstić information content (AvgIpc) is 2.15. The molecule has 0 unspecified atom stereocenters. The van der Waals surface area contributed by atoms with Crippen LogP contribution in [0.4, 0.5) is 0 Å². The highest BCUT2D eigenvalue weighted by molar-refractivity contribution is 6.29. The molecule has 14 heavy (non-hydrogen) atoms. The maximum Gasteiger partial charge on any atom is 0.237 e. The number of nitrogens with two attached hydrogens (primary N) is 1. The van der Waals surface area contributed by atoms with Gasteiger partial charge in [-0.2, -0.15) is 0 Å². The summed E-state index contributed by atoms with van der Waals surface area (Å²) in [5.41, 5.74) is 5.10. The normalized spacial score (nSPS) is 12.1. The van der Waals surface area contributed by atoms with Crippen molar-refractivity contribution < 1.29 is 4.79 Å². The van der Waals surface area contributed by atoms with E-state index in [4.69, 9.17) is 17.3 Å². The average molecular weight is 217 g/mol. The van der Waals surface area contributed by atoms with E-state index in [9.17, 15) is 4.79 Å². The zero-order valence-electron chi connectivity index (χ0n) is 8.42. The van der Waals surface area contributed by atoms with Crippen LogP contribution < -0.4 is 11.1 Å². The van der Waals surface area contributed by atoms with Crippen LogP contribution in [0.5, 0.6) is 0 Å². The van der Waals surface area contributed by atoms with Crippen molar-refractivity contribution in [3.8, 4) is 0 Å². The number of unbranched alkanes of at least 4 members (excludes halogenated alkanes) is 2. The number of hydrogen-bond donors (Lipinski definition) is 2. The van der Waals surface area contributed by atoms with E-state index in [0.29, 0.717) is 0 Å². The van der Waals surface area contributed by atoms with Gasteiger partial charge < -0.3 is 11.1 Å². The van der Waals surface area contributed by atoms with Crippen molar-refractivity contribution in [2.24, 2.45) is 5.73 Å². The lowest BCUT2D eigenvalue weighted by molar-refractivity contribution is -0.118. The molecule has 0 aromatic heterocycles. The summed E-state index contributed by atoms with van der Waals surface area (Å²) in [7, 11) is 0. The predicted octanol–water partition coefficient (Wildman–Crippen LogP) is 1.89. The van der Waals surface area contributed by atoms with Crippen molar-refractivity contribution in [2.45, 2.75) is 26.2 Å². The van der Waals surface area contributed by atoms with Crippen LogP contribution in [0, 0.1) is 0 Å². The minimum atomic E-state index is -0.169. The van der Waals surface area contributed by atoms with Gasteiger partial charge in [-0.05, 0) is 32.4 Å². The Balaban J connectivity index is 3.36. The van der Waals surface area contributed by atoms with E-state index in [1.807, 2.05) is 19.1 Å². The van der Waals surface area contributed by atoms with Gasteiger partial charge in [0.05, 0.1) is 6.54 Å². The Bertz CT molecular complexity index is 220. The summed E-state index contributed by atoms with van der Waals surface area (Å²) in [5.74, 6) is -0.169. The summed E-state index contributed by atoms with van der Waals surface area (Å²) in [5, 5.41) is 3.37. The molecule has 0 fully saturated rings. The molecule has 1 amide bonds. The Morgan fingerprint density at radius 3 is 2.79 bits per heavy atom. The van der Waals surface area contributed by atoms with E-state index >= 15 is 0 Å². The van der Waals surface area contributed by atoms with Gasteiger partial charge in [0.2, 0.25) is 5.91 Å². The molecule has 0 saturated carbocycles. The van der Waals surface area contributed by atoms with Crippen molar-refractivity contribution in [1.29, 1.82) is 0 Å². The summed E-state index contributed by atoms with van der Waals surface area (Å²) < 4.78 is 0. The van der Waals surface area contributed by atoms with Crippen LogP contribution >= 0.6 is 11.6 Å². The molecular formula is C10H17ClN2O. The molecule has 0 rings (SSSR count). The third-order valence-corrected chi connectivity index (χ3v) is 1.70. The highest BCUT2D eigenvalue weighted by atomic mass is 35.5. The van der Waals surface area contributed by atoms with Crippen molar-refractivity contribution >= 4 is 17.5 Å². The first-order chi connectivity index (χ1) is 6.66. The number of amides is 1. The number of carbonyl (C=O) groups excluding carboxylic acids is 1. The third kappa shape index (κ3) is 9.29. The van der Waals surface area contributed by atoms with E-state index < -0.39 is 0 Å². The lowest BCUT2D eigenvalue weighted by atomic mass is 10.2. The molecular weight excluding hydrogens is 200 g/mol. The third-order valence-electron chi connectivity index (χ3n) is 1.55. The first-order valence-corrected chi connectivity index (χ1v) is 5.01. The minimum Gasteiger partial charge on any atom is -0.332 e. The summed E-state index contributed by atoms with van der Waals surface area (Å²) in [4.78, 5) is 10.7. The maximum atomic E-state index is 10.7. The van der Waals surface area contributed by atoms with E-state index in [0.717, 1.165) is 24.3 Å². The molecule has 0 aliphatic carbocycles. The van der Waals surface area contributed by atoms with Gasteiger partial charge in [-0.1, -0.05) is 23.8 Å². The molecule has 0 aromatic rings. The Labute approximate surface area is 90.0 Å². The van der Waals surface area contributed by atoms with Gasteiger partial charge in [-0.15, -0.1) is 0 Å². The van der Waals surface area contributed by atoms with Gasteiger partial charge in [-0.25, -0.2) is 0 Å². The molecule has 3 nitrogen and oxygen atoms in total. The molecule has 0 aliphatic heterocycles. The van der Waals surface area contributed by atoms with Crippen molar-refractivity contribution in [2.75, 3.05) is 6.54 Å². The van der Waals surface area contributed by atoms with Gasteiger partial charge in [-0.3, -0.25) is 4.79 Å². The van der Waals surface area contributed by atoms with Crippen LogP contribution in [0.15, 0.2) is 23.4 Å². The van der Waals surface area contributed by atoms with Crippen LogP contribution in [0.3, 0.4) is 0 Å². The molecule has 0 heterocycles. The van der Waals surface area contributed by atoms with Crippen LogP contribution in [0.25, 0.3) is 0 Å². The zero-order valence-corrected chi connectivity index (χ0v) is 9.18. The van der Waals surface area contributed by atoms with Gasteiger partial charge in [0.1, 0.15) is 0 Å². The van der Waals surface area contributed by atoms with E-state index in [-0.39, 0.29) is 12.5 Å². The number of halogens is 1. The van der Waals surface area contributed by atoms with Crippen LogP contribution in [-0.2, 0) is 4.79 Å². The SMILES string of the molecule is C/C(Cl)=C\CCC/C=C\NC(=O)CN. The second-order valence-corrected chi connectivity index (χ2v) is 3.49. The predicted molar refractivity (Wildman–Crippen MR) is 59.8 cm³/mol. The second-order valence-electron chi connectivity index (χ2n) is 2.90. The maximum absolute atomic E-state index is 10.7. The van der Waals surface area contributed by atoms with Crippen molar-refractivity contribution in [3.63, 3.8) is 0 Å². The van der Waals surface area contributed by atoms with Crippen molar-refractivity contribution in [1.82, 2.24) is 5.32 Å². The van der Waals surface area contributed by atoms with Gasteiger partial charge >= 0.3 is 0 Å². The fourth-order valence-corrected chi connectivity index (χ4v) is 0.940. The number of rotatable bonds is 6. The zero-order chi connectivity index (χ0) is 10.8. The smallest absolute Gasteiger partial charge is 0.237 e. The van der Waals surface area contributed by atoms with Gasteiger partial charge in [0.25, 0.3) is 0 Å². The van der Waals surface area contributed by atoms with E-state index in [1.54, 1.807) is 6.20 Å². The minimum absolute atomic E-state index is 0.0263. The molecule has 0 saturated heterocycles. The van der Waals surface area contributed by atoms with E-state index in [2.05, 4.69) is 5.32 Å². The largest absolute Gasteiger partial charge is 0.332 e. The van der Waals surface area contributed by atoms with Gasteiger partial charge in [0.15, 0.2) is 0 Å². The highest BCUT2D eigenvalue weighted by Gasteiger charge is 1.89. The number of nitrogens with one attached hydrogen (secondary N) is 1. The standard InChI is InChI=1S/C10H17ClN2O/c1-9(11)6-4-2-3-5-7-13-10(14)8-12/h5-7H,2-4,8,12H2,1H3,(H,13,14)/b7-5-,9-6+. The first-order valence-electron chi connectivity index (χ1n) is 4.63. The summed E-state index contributed by atoms with van der Waals surface area (Å²) in [6.45, 7) is 1.89. The Hall–Kier alpha value is -0.800. The lowest BCUT2D eigenvalue weighted by Gasteiger charge is -1.94. The fraction of sp³-hybridized carbons (Fsp3) is 0.500. The molecule has 80 valence electrons. The summed E-state index contributed by atoms with van der Waals surface area (Å²) in [6, 6.07) is 0. The molecule has 0 aliphatic rings. The fourth-order valence-electron chi connectivity index (χ4n) is 0.831. The monoisotopic (exact) mass is 216 g/mol. The van der Waals surface area contributed by atoms with Gasteiger partial charge in [0, 0.05) is 5.03 Å². The molecule has 0 aromatic carbocycles. The molecule has 0 bridgehead atoms. The van der Waals surface area contributed by atoms with Crippen molar-refractivity contribution in [3.05, 3.63) is 23.4 Å². The molecule has 0 atom stereocenters. The quantitative estimate of drug-likeness (QED) is 0.667. The molecule has 0 spiro atoms. The van der Waals surface area contributed by atoms with E-state index in [1.165, 1.54) is 0 Å². The Morgan fingerprint density at radius 2 is 2.21 bits per heavy atom. The van der Waals surface area contributed by atoms with Crippen LogP contribution in [-0.4, -0.2) is 12.5 Å². The molecule has 3 N–H and O–H groups in total. The Kier molecular flexibility index (Phi) is 8.28. The van der Waals surface area contributed by atoms with Crippen LogP contribution in [0.1, 0.15) is 26.2 Å². The number of allylic oxidation sites excluding steroid dienone is 3. The Morgan fingerprint density at radius 1 is 1.50 bits per heavy atom. The summed E-state index contributed by atoms with van der Waals surface area (Å²) in [6.07, 6.45) is 8.43. The lowest BCUT2D eigenvalue weighted by Crippen LogP contribution is -2.25. The summed E-state index contributed by atoms with van der Waals surface area (Å²) >= 11 is 5.65. The topological polar surface area (TPSA) is 55.1 Å². The highest BCUT2D eigenvalue weighted by Crippen LogP contribution is 2.04. The first kappa shape index (κ1) is 13.2. The molecule has 0 radical (unpaired) electrons. The molecule has 4 heteroatoms.